The zero-order valence-corrected chi connectivity index (χ0v) is 19.5. The number of alkyl halides is 1. The van der Waals surface area contributed by atoms with E-state index in [1.54, 1.807) is 13.8 Å². The smallest absolute Gasteiger partial charge is 0.308 e. The quantitative estimate of drug-likeness (QED) is 0.361. The fourth-order valence-electron chi connectivity index (χ4n) is 7.01. The molecule has 2 saturated carbocycles. The van der Waals surface area contributed by atoms with Crippen molar-refractivity contribution < 1.29 is 38.5 Å². The summed E-state index contributed by atoms with van der Waals surface area (Å²) in [6.45, 7) is 5.83. The number of allylic oxidation sites excluding steroid dienone is 5. The third-order valence-corrected chi connectivity index (χ3v) is 8.94. The number of esters is 1. The highest BCUT2D eigenvalue weighted by Crippen LogP contribution is 2.70. The van der Waals surface area contributed by atoms with E-state index in [1.807, 2.05) is 0 Å². The summed E-state index contributed by atoms with van der Waals surface area (Å²) in [5.74, 6) is -4.82. The van der Waals surface area contributed by atoms with Crippen LogP contribution in [-0.2, 0) is 23.9 Å². The fraction of sp³-hybridized carbons (Fsp3) is 0.583. The van der Waals surface area contributed by atoms with E-state index < -0.39 is 63.5 Å². The Hall–Kier alpha value is -2.16. The number of hydrogen-bond donors (Lipinski definition) is 2. The van der Waals surface area contributed by atoms with Crippen LogP contribution < -0.4 is 0 Å². The molecule has 178 valence electrons. The Balaban J connectivity index is 1.98. The molecule has 4 aliphatic rings. The van der Waals surface area contributed by atoms with E-state index in [0.717, 1.165) is 6.08 Å². The summed E-state index contributed by atoms with van der Waals surface area (Å²) in [5.41, 5.74) is -7.38. The molecule has 0 aromatic rings. The van der Waals surface area contributed by atoms with Crippen LogP contribution in [0.4, 0.5) is 4.39 Å². The van der Waals surface area contributed by atoms with Gasteiger partial charge in [0.05, 0.1) is 16.6 Å². The van der Waals surface area contributed by atoms with Gasteiger partial charge >= 0.3 is 5.97 Å². The molecule has 9 heteroatoms. The molecule has 33 heavy (non-hydrogen) atoms. The first-order chi connectivity index (χ1) is 15.2. The van der Waals surface area contributed by atoms with Crippen LogP contribution in [0.15, 0.2) is 34.6 Å². The molecule has 0 radical (unpaired) electrons. The summed E-state index contributed by atoms with van der Waals surface area (Å²) < 4.78 is 22.6. The lowest BCUT2D eigenvalue weighted by atomic mass is 9.46. The number of fused-ring (bicyclic) bond motifs is 5. The van der Waals surface area contributed by atoms with Crippen LogP contribution in [0, 0.1) is 28.6 Å². The number of ether oxygens (including phenoxy) is 1. The van der Waals surface area contributed by atoms with Gasteiger partial charge in [0.25, 0.3) is 0 Å². The summed E-state index contributed by atoms with van der Waals surface area (Å²) >= 11 is 6.11. The number of aldehydes is 1. The molecule has 0 aromatic carbocycles. The molecule has 0 spiro atoms. The van der Waals surface area contributed by atoms with E-state index in [-0.39, 0.29) is 35.5 Å². The standard InChI is InChI=1S/C24H26ClFO7/c1-11-5-13-14-7-18(33-12(2)28)15-6-17(29)16(25)8-21(15,3)23(14,26)19(30)9-22(13,4)24(11,32)20(31)10-27/h6-8,10-11,13-14,19,30,32H,5,9H2,1-4H3/t11?,13-,14-,19?,21-,22-,23-,24-/m0/s1. The van der Waals surface area contributed by atoms with Crippen molar-refractivity contribution in [3.05, 3.63) is 34.6 Å². The Labute approximate surface area is 195 Å². The molecule has 0 heterocycles. The highest BCUT2D eigenvalue weighted by molar-refractivity contribution is 6.44. The summed E-state index contributed by atoms with van der Waals surface area (Å²) in [6, 6.07) is 0. The van der Waals surface area contributed by atoms with Crippen molar-refractivity contribution in [2.75, 3.05) is 0 Å². The maximum atomic E-state index is 17.3. The second-order valence-corrected chi connectivity index (χ2v) is 10.6. The van der Waals surface area contributed by atoms with Crippen molar-refractivity contribution in [2.24, 2.45) is 28.6 Å². The van der Waals surface area contributed by atoms with E-state index in [4.69, 9.17) is 16.3 Å². The van der Waals surface area contributed by atoms with Crippen molar-refractivity contribution in [1.29, 1.82) is 0 Å². The Morgan fingerprint density at radius 1 is 1.33 bits per heavy atom. The van der Waals surface area contributed by atoms with Gasteiger partial charge in [-0.25, -0.2) is 4.39 Å². The van der Waals surface area contributed by atoms with Crippen LogP contribution in [0.3, 0.4) is 0 Å². The van der Waals surface area contributed by atoms with E-state index in [9.17, 15) is 29.4 Å². The van der Waals surface area contributed by atoms with Crippen LogP contribution in [0.1, 0.15) is 40.5 Å². The number of aliphatic hydroxyl groups excluding tert-OH is 1. The summed E-state index contributed by atoms with van der Waals surface area (Å²) in [5, 5.41) is 22.5. The molecule has 8 atom stereocenters. The lowest BCUT2D eigenvalue weighted by Gasteiger charge is -2.61. The van der Waals surface area contributed by atoms with Crippen molar-refractivity contribution >= 4 is 35.4 Å². The molecule has 4 rings (SSSR count). The molecule has 2 N–H and O–H groups in total. The van der Waals surface area contributed by atoms with Gasteiger partial charge in [-0.15, -0.1) is 0 Å². The number of carbonyl (C=O) groups is 4. The molecule has 0 aliphatic heterocycles. The number of hydrogen-bond acceptors (Lipinski definition) is 7. The van der Waals surface area contributed by atoms with Gasteiger partial charge in [-0.3, -0.25) is 19.2 Å². The van der Waals surface area contributed by atoms with Gasteiger partial charge in [0.2, 0.25) is 5.78 Å². The highest BCUT2D eigenvalue weighted by Gasteiger charge is 2.76. The summed E-state index contributed by atoms with van der Waals surface area (Å²) in [4.78, 5) is 48.1. The molecule has 0 aromatic heterocycles. The monoisotopic (exact) mass is 480 g/mol. The summed E-state index contributed by atoms with van der Waals surface area (Å²) in [6.07, 6.45) is 1.96. The van der Waals surface area contributed by atoms with Crippen LogP contribution in [0.5, 0.6) is 0 Å². The minimum atomic E-state index is -2.40. The number of aliphatic hydroxyl groups is 2. The zero-order valence-electron chi connectivity index (χ0n) is 18.7. The Morgan fingerprint density at radius 3 is 2.55 bits per heavy atom. The average Bonchev–Trinajstić information content (AvgIpc) is 2.92. The molecule has 2 unspecified atom stereocenters. The van der Waals surface area contributed by atoms with Crippen molar-refractivity contribution in [3.8, 4) is 0 Å². The number of Topliss-reactive ketones (excluding diaryl/α,β-unsaturated/α-hetero) is 1. The predicted octanol–water partition coefficient (Wildman–Crippen LogP) is 2.34. The number of ketones is 2. The van der Waals surface area contributed by atoms with E-state index in [0.29, 0.717) is 0 Å². The van der Waals surface area contributed by atoms with Crippen molar-refractivity contribution in [3.63, 3.8) is 0 Å². The second kappa shape index (κ2) is 7.17. The third-order valence-electron chi connectivity index (χ3n) is 8.65. The van der Waals surface area contributed by atoms with Gasteiger partial charge in [-0.1, -0.05) is 25.4 Å². The van der Waals surface area contributed by atoms with Gasteiger partial charge < -0.3 is 14.9 Å². The fourth-order valence-corrected chi connectivity index (χ4v) is 7.28. The molecule has 2 fully saturated rings. The van der Waals surface area contributed by atoms with Crippen LogP contribution in [-0.4, -0.2) is 51.4 Å². The van der Waals surface area contributed by atoms with Crippen LogP contribution in [0.25, 0.3) is 0 Å². The first-order valence-electron chi connectivity index (χ1n) is 10.8. The van der Waals surface area contributed by atoms with Gasteiger partial charge in [-0.05, 0) is 49.8 Å². The number of carbonyl (C=O) groups excluding carboxylic acids is 4. The van der Waals surface area contributed by atoms with Gasteiger partial charge in [0.15, 0.2) is 17.7 Å². The normalized spacial score (nSPS) is 46.2. The first kappa shape index (κ1) is 24.0. The predicted molar refractivity (Wildman–Crippen MR) is 114 cm³/mol. The Kier molecular flexibility index (Phi) is 5.21. The molecule has 0 bridgehead atoms. The minimum Gasteiger partial charge on any atom is -0.427 e. The van der Waals surface area contributed by atoms with E-state index in [1.165, 1.54) is 26.0 Å². The Bertz CT molecular complexity index is 1080. The lowest BCUT2D eigenvalue weighted by molar-refractivity contribution is -0.205. The minimum absolute atomic E-state index is 0.0294. The molecule has 0 saturated heterocycles. The van der Waals surface area contributed by atoms with Gasteiger partial charge in [0, 0.05) is 23.8 Å². The first-order valence-corrected chi connectivity index (χ1v) is 11.2. The van der Waals surface area contributed by atoms with Gasteiger partial charge in [-0.2, -0.15) is 0 Å². The maximum absolute atomic E-state index is 17.3. The number of rotatable bonds is 3. The Morgan fingerprint density at radius 2 is 1.97 bits per heavy atom. The third kappa shape index (κ3) is 2.74. The van der Waals surface area contributed by atoms with Crippen molar-refractivity contribution in [1.82, 2.24) is 0 Å². The SMILES string of the molecule is CC(=O)OC1=C[C@H]2[C@@H]3CC(C)[C@](O)(C(=O)C=O)[C@@]3(C)CC(O)[C@]2(F)[C@@]2(C)C=C(Cl)C(=O)C=C12. The van der Waals surface area contributed by atoms with Gasteiger partial charge in [0.1, 0.15) is 11.4 Å². The summed E-state index contributed by atoms with van der Waals surface area (Å²) in [7, 11) is 0. The molecular weight excluding hydrogens is 455 g/mol. The largest absolute Gasteiger partial charge is 0.427 e. The average molecular weight is 481 g/mol. The molecular formula is C24H26ClFO7. The van der Waals surface area contributed by atoms with E-state index >= 15 is 4.39 Å². The number of halogens is 2. The second-order valence-electron chi connectivity index (χ2n) is 10.2. The maximum Gasteiger partial charge on any atom is 0.308 e. The molecule has 0 amide bonds. The zero-order chi connectivity index (χ0) is 24.7. The molecule has 7 nitrogen and oxygen atoms in total. The topological polar surface area (TPSA) is 118 Å². The lowest BCUT2D eigenvalue weighted by Crippen LogP contribution is -2.69. The highest BCUT2D eigenvalue weighted by atomic mass is 35.5. The van der Waals surface area contributed by atoms with Crippen molar-refractivity contribution in [2.45, 2.75) is 57.9 Å². The molecule has 4 aliphatic carbocycles. The van der Waals surface area contributed by atoms with Crippen LogP contribution in [0.2, 0.25) is 0 Å². The van der Waals surface area contributed by atoms with E-state index in [2.05, 4.69) is 0 Å². The van der Waals surface area contributed by atoms with Crippen LogP contribution >= 0.6 is 11.6 Å².